The average molecular weight is 343 g/mol. The molecular weight excluding hydrogens is 296 g/mol. The smallest absolute Gasteiger partial charge is 0.00994 e. The number of hydrogen-bond donors (Lipinski definition) is 0. The van der Waals surface area contributed by atoms with Crippen molar-refractivity contribution in [2.24, 2.45) is 0 Å². The van der Waals surface area contributed by atoms with Gasteiger partial charge in [-0.2, -0.15) is 0 Å². The molecule has 22 heavy (non-hydrogen) atoms. The summed E-state index contributed by atoms with van der Waals surface area (Å²) in [6.45, 7) is 9.68. The summed E-state index contributed by atoms with van der Waals surface area (Å²) in [5, 5.41) is 1.35. The van der Waals surface area contributed by atoms with E-state index in [2.05, 4.69) is 27.7 Å². The van der Waals surface area contributed by atoms with E-state index in [4.69, 9.17) is 0 Å². The molecule has 0 unspecified atom stereocenters. The highest BCUT2D eigenvalue weighted by Crippen LogP contribution is 2.27. The highest BCUT2D eigenvalue weighted by Gasteiger charge is 2.09. The van der Waals surface area contributed by atoms with Crippen molar-refractivity contribution in [1.29, 1.82) is 0 Å². The van der Waals surface area contributed by atoms with E-state index in [9.17, 15) is 0 Å². The second kappa shape index (κ2) is 12.8. The van der Waals surface area contributed by atoms with E-state index < -0.39 is 0 Å². The fourth-order valence-electron chi connectivity index (χ4n) is 3.08. The lowest BCUT2D eigenvalue weighted by Crippen LogP contribution is -2.01. The third-order valence-corrected chi connectivity index (χ3v) is 5.60. The summed E-state index contributed by atoms with van der Waals surface area (Å²) in [4.78, 5) is 0. The summed E-state index contributed by atoms with van der Waals surface area (Å²) >= 11 is 0. The largest absolute Gasteiger partial charge is 0.0632 e. The van der Waals surface area contributed by atoms with Crippen LogP contribution in [0.2, 0.25) is 10.1 Å². The minimum atomic E-state index is 0.675. The van der Waals surface area contributed by atoms with Gasteiger partial charge in [0.2, 0.25) is 0 Å². The van der Waals surface area contributed by atoms with Crippen molar-refractivity contribution < 1.29 is 0 Å². The van der Waals surface area contributed by atoms with Crippen molar-refractivity contribution in [3.8, 4) is 0 Å². The van der Waals surface area contributed by atoms with Crippen LogP contribution >= 0.6 is 0 Å². The van der Waals surface area contributed by atoms with Crippen LogP contribution in [0.5, 0.6) is 0 Å². The normalized spacial score (nSPS) is 13.1. The third-order valence-electron chi connectivity index (χ3n) is 4.60. The topological polar surface area (TPSA) is 0 Å². The van der Waals surface area contributed by atoms with Crippen LogP contribution in [-0.4, -0.2) is 20.5 Å². The molecule has 0 fully saturated rings. The van der Waals surface area contributed by atoms with Crippen LogP contribution in [0, 0.1) is 0 Å². The molecule has 0 spiro atoms. The van der Waals surface area contributed by atoms with Gasteiger partial charge in [0.05, 0.1) is 0 Å². The van der Waals surface area contributed by atoms with E-state index in [0.29, 0.717) is 10.1 Å². The molecule has 0 saturated carbocycles. The van der Waals surface area contributed by atoms with Gasteiger partial charge in [-0.25, -0.2) is 0 Å². The van der Waals surface area contributed by atoms with Crippen LogP contribution in [0.3, 0.4) is 0 Å². The van der Waals surface area contributed by atoms with Crippen LogP contribution in [0.1, 0.15) is 118 Å². The Balaban J connectivity index is 3.09. The predicted molar refractivity (Wildman–Crippen MR) is 113 cm³/mol. The molecule has 0 amide bonds. The molecule has 0 aliphatic heterocycles. The molecule has 0 aromatic carbocycles. The molecule has 0 atom stereocenters. The Hall–Kier alpha value is 0.434. The monoisotopic (exact) mass is 342 g/mol. The summed E-state index contributed by atoms with van der Waals surface area (Å²) in [5.74, 6) is 0. The highest BCUT2D eigenvalue weighted by molar-refractivity contribution is 6.14. The van der Waals surface area contributed by atoms with Gasteiger partial charge >= 0.3 is 0 Å². The van der Waals surface area contributed by atoms with Crippen molar-refractivity contribution >= 4 is 20.5 Å². The van der Waals surface area contributed by atoms with Crippen LogP contribution < -0.4 is 0 Å². The lowest BCUT2D eigenvalue weighted by Gasteiger charge is -2.17. The van der Waals surface area contributed by atoms with Gasteiger partial charge in [-0.3, -0.25) is 0 Å². The van der Waals surface area contributed by atoms with Crippen LogP contribution in [0.4, 0.5) is 0 Å². The molecule has 0 aromatic heterocycles. The predicted octanol–water partition coefficient (Wildman–Crippen LogP) is 5.58. The molecular formula is C20H46Si2. The maximum Gasteiger partial charge on any atom is 0.00994 e. The second-order valence-corrected chi connectivity index (χ2v) is 15.3. The molecule has 0 radical (unpaired) electrons. The summed E-state index contributed by atoms with van der Waals surface area (Å²) in [7, 11) is 2.70. The van der Waals surface area contributed by atoms with Gasteiger partial charge in [-0.15, -0.1) is 0 Å². The first kappa shape index (κ1) is 22.4. The zero-order valence-electron chi connectivity index (χ0n) is 16.9. The van der Waals surface area contributed by atoms with Crippen molar-refractivity contribution in [1.82, 2.24) is 0 Å². The summed E-state index contributed by atoms with van der Waals surface area (Å²) in [6.07, 6.45) is 20.7. The summed E-state index contributed by atoms with van der Waals surface area (Å²) in [6, 6.07) is 0. The summed E-state index contributed by atoms with van der Waals surface area (Å²) < 4.78 is 0. The van der Waals surface area contributed by atoms with Gasteiger partial charge in [-0.05, 0) is 10.1 Å². The quantitative estimate of drug-likeness (QED) is 0.269. The van der Waals surface area contributed by atoms with Gasteiger partial charge in [0, 0.05) is 20.5 Å². The molecule has 0 nitrogen and oxygen atoms in total. The first-order valence-electron chi connectivity index (χ1n) is 10.2. The van der Waals surface area contributed by atoms with Gasteiger partial charge in [0.1, 0.15) is 0 Å². The Morgan fingerprint density at radius 3 is 0.773 bits per heavy atom. The summed E-state index contributed by atoms with van der Waals surface area (Å²) in [5.41, 5.74) is 0. The Labute approximate surface area is 148 Å². The van der Waals surface area contributed by atoms with Crippen molar-refractivity contribution in [2.45, 2.75) is 128 Å². The fraction of sp³-hybridized carbons (Fsp3) is 1.00. The van der Waals surface area contributed by atoms with Gasteiger partial charge in [-0.1, -0.05) is 118 Å². The average Bonchev–Trinajstić information content (AvgIpc) is 2.36. The van der Waals surface area contributed by atoms with Crippen molar-refractivity contribution in [3.05, 3.63) is 0 Å². The molecule has 0 aliphatic carbocycles. The highest BCUT2D eigenvalue weighted by atomic mass is 28.1. The standard InChI is InChI=1S/C20H46Si2/c1-19(2,21)17-15-13-11-9-7-5-6-8-10-12-14-16-18-20(3,4)22/h5-18H2,1-4,21-22H3. The number of rotatable bonds is 15. The van der Waals surface area contributed by atoms with Gasteiger partial charge in [0.15, 0.2) is 0 Å². The van der Waals surface area contributed by atoms with E-state index in [1.54, 1.807) is 0 Å². The Morgan fingerprint density at radius 1 is 0.409 bits per heavy atom. The minimum Gasteiger partial charge on any atom is -0.0632 e. The lowest BCUT2D eigenvalue weighted by molar-refractivity contribution is 0.504. The van der Waals surface area contributed by atoms with Crippen LogP contribution in [0.25, 0.3) is 0 Å². The first-order chi connectivity index (χ1) is 10.2. The van der Waals surface area contributed by atoms with E-state index >= 15 is 0 Å². The molecule has 0 bridgehead atoms. The first-order valence-corrected chi connectivity index (χ1v) is 12.2. The molecule has 0 N–H and O–H groups in total. The minimum absolute atomic E-state index is 0.675. The second-order valence-electron chi connectivity index (χ2n) is 9.86. The number of unbranched alkanes of at least 4 members (excludes halogenated alkanes) is 11. The van der Waals surface area contributed by atoms with Crippen LogP contribution in [0.15, 0.2) is 0 Å². The SMILES string of the molecule is CC(C)([SiH3])CCCCCCCCCCCCCCC(C)(C)[SiH3]. The van der Waals surface area contributed by atoms with E-state index in [-0.39, 0.29) is 0 Å². The van der Waals surface area contributed by atoms with E-state index in [1.807, 2.05) is 0 Å². The van der Waals surface area contributed by atoms with Crippen molar-refractivity contribution in [2.75, 3.05) is 0 Å². The maximum atomic E-state index is 2.42. The molecule has 0 saturated heterocycles. The molecule has 0 rings (SSSR count). The Morgan fingerprint density at radius 2 is 0.591 bits per heavy atom. The van der Waals surface area contributed by atoms with E-state index in [0.717, 1.165) is 0 Å². The molecule has 134 valence electrons. The third kappa shape index (κ3) is 20.4. The zero-order valence-corrected chi connectivity index (χ0v) is 20.9. The van der Waals surface area contributed by atoms with E-state index in [1.165, 1.54) is 110 Å². The molecule has 0 aliphatic rings. The molecule has 0 aromatic rings. The molecule has 0 heterocycles. The lowest BCUT2D eigenvalue weighted by atomic mass is 10.0. The van der Waals surface area contributed by atoms with Gasteiger partial charge < -0.3 is 0 Å². The van der Waals surface area contributed by atoms with Gasteiger partial charge in [0.25, 0.3) is 0 Å². The van der Waals surface area contributed by atoms with Crippen molar-refractivity contribution in [3.63, 3.8) is 0 Å². The Kier molecular flexibility index (Phi) is 13.1. The van der Waals surface area contributed by atoms with Crippen LogP contribution in [-0.2, 0) is 0 Å². The maximum absolute atomic E-state index is 2.42. The molecule has 2 heteroatoms. The Bertz CT molecular complexity index is 209. The fourth-order valence-corrected chi connectivity index (χ4v) is 3.79. The number of hydrogen-bond acceptors (Lipinski definition) is 0. The zero-order chi connectivity index (χ0) is 16.9.